The summed E-state index contributed by atoms with van der Waals surface area (Å²) in [6, 6.07) is 7.39. The summed E-state index contributed by atoms with van der Waals surface area (Å²) in [5.74, 6) is -0.614. The Hall–Kier alpha value is -2.84. The number of carbonyl (C=O) groups excluding carboxylic acids is 1. The van der Waals surface area contributed by atoms with E-state index in [0.29, 0.717) is 29.9 Å². The molecule has 1 aliphatic rings. The summed E-state index contributed by atoms with van der Waals surface area (Å²) in [4.78, 5) is 17.3. The monoisotopic (exact) mass is 398 g/mol. The van der Waals surface area contributed by atoms with Gasteiger partial charge in [0.1, 0.15) is 5.82 Å². The Kier molecular flexibility index (Phi) is 5.55. The largest absolute Gasteiger partial charge is 0.390 e. The van der Waals surface area contributed by atoms with Gasteiger partial charge in [0.15, 0.2) is 0 Å². The van der Waals surface area contributed by atoms with Gasteiger partial charge in [-0.05, 0) is 30.7 Å². The van der Waals surface area contributed by atoms with Crippen LogP contribution in [0.2, 0.25) is 0 Å². The molecule has 1 aliphatic heterocycles. The van der Waals surface area contributed by atoms with Gasteiger partial charge >= 0.3 is 0 Å². The number of aliphatic hydroxyl groups excluding tert-OH is 1. The van der Waals surface area contributed by atoms with Crippen molar-refractivity contribution in [3.63, 3.8) is 0 Å². The molecule has 0 aliphatic carbocycles. The predicted octanol–water partition coefficient (Wildman–Crippen LogP) is 1.92. The number of fused-ring (bicyclic) bond motifs is 4. The van der Waals surface area contributed by atoms with E-state index in [1.165, 1.54) is 12.1 Å². The number of halogens is 1. The fourth-order valence-corrected chi connectivity index (χ4v) is 3.69. The molecule has 0 unspecified atom stereocenters. The highest BCUT2D eigenvalue weighted by atomic mass is 19.1. The van der Waals surface area contributed by atoms with Gasteiger partial charge in [0.2, 0.25) is 5.91 Å². The molecule has 7 nitrogen and oxygen atoms in total. The van der Waals surface area contributed by atoms with Crippen LogP contribution >= 0.6 is 0 Å². The number of benzene rings is 1. The maximum atomic E-state index is 13.6. The molecule has 29 heavy (non-hydrogen) atoms. The van der Waals surface area contributed by atoms with Gasteiger partial charge in [0, 0.05) is 18.4 Å². The highest BCUT2D eigenvalue weighted by Crippen LogP contribution is 2.22. The molecule has 2 bridgehead atoms. The molecule has 1 aromatic carbocycles. The number of rotatable bonds is 2. The minimum atomic E-state index is -0.760. The summed E-state index contributed by atoms with van der Waals surface area (Å²) in [6.45, 7) is 2.88. The number of hydrogen-bond donors (Lipinski definition) is 2. The van der Waals surface area contributed by atoms with Crippen LogP contribution in [-0.2, 0) is 28.9 Å². The minimum absolute atomic E-state index is 0.0716. The molecule has 2 N–H and O–H groups in total. The first-order valence-corrected chi connectivity index (χ1v) is 9.68. The molecule has 152 valence electrons. The van der Waals surface area contributed by atoms with E-state index >= 15 is 0 Å². The first-order valence-electron chi connectivity index (χ1n) is 9.68. The van der Waals surface area contributed by atoms with Crippen molar-refractivity contribution in [1.29, 1.82) is 0 Å². The second kappa shape index (κ2) is 8.26. The number of carbonyl (C=O) groups is 1. The second-order valence-corrected chi connectivity index (χ2v) is 7.21. The van der Waals surface area contributed by atoms with Crippen molar-refractivity contribution in [3.05, 3.63) is 59.3 Å². The van der Waals surface area contributed by atoms with Gasteiger partial charge in [-0.1, -0.05) is 12.1 Å². The van der Waals surface area contributed by atoms with Crippen LogP contribution in [0.4, 0.5) is 4.39 Å². The summed E-state index contributed by atoms with van der Waals surface area (Å²) in [7, 11) is 0. The van der Waals surface area contributed by atoms with Crippen molar-refractivity contribution in [2.75, 3.05) is 13.2 Å². The molecule has 3 aromatic rings. The lowest BCUT2D eigenvalue weighted by Crippen LogP contribution is -2.34. The number of amides is 1. The molecule has 4 rings (SSSR count). The maximum absolute atomic E-state index is 13.6. The van der Waals surface area contributed by atoms with E-state index < -0.39 is 12.1 Å². The van der Waals surface area contributed by atoms with Crippen molar-refractivity contribution in [3.8, 4) is 0 Å². The van der Waals surface area contributed by atoms with Crippen molar-refractivity contribution < 1.29 is 19.0 Å². The summed E-state index contributed by atoms with van der Waals surface area (Å²) in [6.07, 6.45) is 1.35. The molecular weight excluding hydrogens is 375 g/mol. The average Bonchev–Trinajstić information content (AvgIpc) is 3.09. The minimum Gasteiger partial charge on any atom is -0.390 e. The fourth-order valence-electron chi connectivity index (χ4n) is 3.69. The van der Waals surface area contributed by atoms with Crippen molar-refractivity contribution in [1.82, 2.24) is 20.1 Å². The van der Waals surface area contributed by atoms with E-state index in [2.05, 4.69) is 15.4 Å². The SMILES string of the molecule is CCn1ncc2cc3nc(c21)C[C@H](O)COC[C@H](c1cccc(F)c1)NC(=O)C3. The highest BCUT2D eigenvalue weighted by Gasteiger charge is 2.21. The van der Waals surface area contributed by atoms with Crippen LogP contribution in [-0.4, -0.2) is 45.1 Å². The van der Waals surface area contributed by atoms with Crippen LogP contribution in [0, 0.1) is 5.82 Å². The summed E-state index contributed by atoms with van der Waals surface area (Å²) in [5, 5.41) is 18.6. The van der Waals surface area contributed by atoms with Gasteiger partial charge in [-0.2, -0.15) is 5.10 Å². The van der Waals surface area contributed by atoms with E-state index in [-0.39, 0.29) is 31.4 Å². The number of nitrogens with one attached hydrogen (secondary N) is 1. The second-order valence-electron chi connectivity index (χ2n) is 7.21. The quantitative estimate of drug-likeness (QED) is 0.689. The topological polar surface area (TPSA) is 89.3 Å². The Morgan fingerprint density at radius 3 is 3.00 bits per heavy atom. The third kappa shape index (κ3) is 4.28. The van der Waals surface area contributed by atoms with E-state index in [1.54, 1.807) is 18.3 Å². The number of aliphatic hydroxyl groups is 1. The van der Waals surface area contributed by atoms with Gasteiger partial charge in [0.05, 0.1) is 54.9 Å². The zero-order valence-corrected chi connectivity index (χ0v) is 16.1. The Labute approximate surface area is 167 Å². The smallest absolute Gasteiger partial charge is 0.226 e. The summed E-state index contributed by atoms with van der Waals surface area (Å²) in [5.41, 5.74) is 2.78. The maximum Gasteiger partial charge on any atom is 0.226 e. The van der Waals surface area contributed by atoms with Crippen molar-refractivity contribution in [2.24, 2.45) is 0 Å². The van der Waals surface area contributed by atoms with Crippen LogP contribution in [0.25, 0.3) is 10.9 Å². The Bertz CT molecular complexity index is 1040. The summed E-state index contributed by atoms with van der Waals surface area (Å²) >= 11 is 0. The van der Waals surface area contributed by atoms with Crippen LogP contribution in [0.1, 0.15) is 29.9 Å². The third-order valence-corrected chi connectivity index (χ3v) is 4.99. The first-order chi connectivity index (χ1) is 14.0. The Balaban J connectivity index is 1.68. The van der Waals surface area contributed by atoms with Gasteiger partial charge < -0.3 is 15.2 Å². The third-order valence-electron chi connectivity index (χ3n) is 4.99. The zero-order valence-electron chi connectivity index (χ0n) is 16.1. The molecule has 0 radical (unpaired) electrons. The fraction of sp³-hybridized carbons (Fsp3) is 0.381. The summed E-state index contributed by atoms with van der Waals surface area (Å²) < 4.78 is 21.1. The zero-order chi connectivity index (χ0) is 20.4. The molecule has 3 heterocycles. The Morgan fingerprint density at radius 1 is 1.34 bits per heavy atom. The molecule has 2 aromatic heterocycles. The molecule has 0 saturated heterocycles. The molecule has 0 fully saturated rings. The molecule has 1 amide bonds. The number of pyridine rings is 1. The molecule has 0 saturated carbocycles. The van der Waals surface area contributed by atoms with Gasteiger partial charge in [0.25, 0.3) is 0 Å². The lowest BCUT2D eigenvalue weighted by Gasteiger charge is -2.22. The van der Waals surface area contributed by atoms with E-state index in [4.69, 9.17) is 4.74 Å². The number of nitrogens with zero attached hydrogens (tertiary/aromatic N) is 3. The number of aromatic nitrogens is 3. The first kappa shape index (κ1) is 19.5. The van der Waals surface area contributed by atoms with Gasteiger partial charge in [-0.3, -0.25) is 14.5 Å². The molecule has 2 atom stereocenters. The number of ether oxygens (including phenoxy) is 1. The number of aryl methyl sites for hydroxylation is 1. The molecule has 0 spiro atoms. The highest BCUT2D eigenvalue weighted by molar-refractivity contribution is 5.84. The van der Waals surface area contributed by atoms with E-state index in [9.17, 15) is 14.3 Å². The average molecular weight is 398 g/mol. The van der Waals surface area contributed by atoms with Gasteiger partial charge in [-0.15, -0.1) is 0 Å². The van der Waals surface area contributed by atoms with Crippen LogP contribution in [0.5, 0.6) is 0 Å². The van der Waals surface area contributed by atoms with E-state index in [1.807, 2.05) is 17.7 Å². The standard InChI is InChI=1S/C21H23FN4O3/c1-2-26-21-14(10-23-26)7-16-8-20(28)25-19(13-4-3-5-15(22)6-13)12-29-11-17(27)9-18(21)24-16/h3-7,10,17,19,27H,2,8-9,11-12H2,1H3,(H,25,28)/t17-,19+/m0/s1. The van der Waals surface area contributed by atoms with Crippen LogP contribution < -0.4 is 5.32 Å². The van der Waals surface area contributed by atoms with Crippen LogP contribution in [0.15, 0.2) is 36.5 Å². The normalized spacial score (nSPS) is 20.7. The van der Waals surface area contributed by atoms with Gasteiger partial charge in [-0.25, -0.2) is 4.39 Å². The number of hydrogen-bond acceptors (Lipinski definition) is 5. The van der Waals surface area contributed by atoms with Crippen molar-refractivity contribution in [2.45, 2.75) is 38.5 Å². The lowest BCUT2D eigenvalue weighted by molar-refractivity contribution is -0.121. The van der Waals surface area contributed by atoms with Crippen molar-refractivity contribution >= 4 is 16.8 Å². The lowest BCUT2D eigenvalue weighted by atomic mass is 10.1. The van der Waals surface area contributed by atoms with E-state index in [0.717, 1.165) is 10.9 Å². The molecular formula is C21H23FN4O3. The molecule has 8 heteroatoms. The Morgan fingerprint density at radius 2 is 2.21 bits per heavy atom. The van der Waals surface area contributed by atoms with Crippen LogP contribution in [0.3, 0.4) is 0 Å². The predicted molar refractivity (Wildman–Crippen MR) is 105 cm³/mol.